The molecule has 104 valence electrons. The second kappa shape index (κ2) is 6.00. The van der Waals surface area contributed by atoms with Crippen LogP contribution in [0.4, 0.5) is 0 Å². The fraction of sp³-hybridized carbons (Fsp3) is 0. The van der Waals surface area contributed by atoms with Crippen LogP contribution >= 0.6 is 31.9 Å². The van der Waals surface area contributed by atoms with Gasteiger partial charge in [0.2, 0.25) is 0 Å². The lowest BCUT2D eigenvalue weighted by Gasteiger charge is -2.11. The molecule has 2 nitrogen and oxygen atoms in total. The molecule has 0 bridgehead atoms. The van der Waals surface area contributed by atoms with E-state index in [0.29, 0.717) is 17.1 Å². The van der Waals surface area contributed by atoms with E-state index in [2.05, 4.69) is 31.9 Å². The molecular formula is C17H10Br2O2. The van der Waals surface area contributed by atoms with E-state index >= 15 is 0 Å². The topological polar surface area (TPSA) is 26.3 Å². The highest BCUT2D eigenvalue weighted by Gasteiger charge is 2.10. The Balaban J connectivity index is 2.06. The van der Waals surface area contributed by atoms with Gasteiger partial charge in [0.05, 0.1) is 10.0 Å². The van der Waals surface area contributed by atoms with Gasteiger partial charge < -0.3 is 4.74 Å². The number of carbonyl (C=O) groups is 1. The molecule has 0 saturated carbocycles. The molecule has 0 amide bonds. The third-order valence-corrected chi connectivity index (χ3v) is 4.46. The molecule has 0 aliphatic carbocycles. The zero-order valence-electron chi connectivity index (χ0n) is 10.8. The van der Waals surface area contributed by atoms with E-state index < -0.39 is 0 Å². The summed E-state index contributed by atoms with van der Waals surface area (Å²) in [6.45, 7) is 0. The molecular weight excluding hydrogens is 396 g/mol. The normalized spacial score (nSPS) is 10.6. The van der Waals surface area contributed by atoms with Gasteiger partial charge in [-0.25, -0.2) is 0 Å². The largest absolute Gasteiger partial charge is 0.455 e. The van der Waals surface area contributed by atoms with Gasteiger partial charge in [-0.3, -0.25) is 4.79 Å². The number of halogens is 2. The first-order valence-electron chi connectivity index (χ1n) is 6.29. The minimum absolute atomic E-state index is 0.504. The number of hydrogen-bond acceptors (Lipinski definition) is 2. The van der Waals surface area contributed by atoms with Crippen LogP contribution in [0.1, 0.15) is 10.4 Å². The molecule has 0 unspecified atom stereocenters. The number of rotatable bonds is 3. The maximum Gasteiger partial charge on any atom is 0.153 e. The summed E-state index contributed by atoms with van der Waals surface area (Å²) in [6.07, 6.45) is 0.787. The number of ether oxygens (including phenoxy) is 1. The van der Waals surface area contributed by atoms with Crippen molar-refractivity contribution < 1.29 is 9.53 Å². The first-order chi connectivity index (χ1) is 10.2. The second-order valence-corrected chi connectivity index (χ2v) is 6.21. The average molecular weight is 406 g/mol. The number of aldehydes is 1. The van der Waals surface area contributed by atoms with Crippen molar-refractivity contribution in [3.05, 3.63) is 69.1 Å². The molecule has 3 aromatic rings. The Morgan fingerprint density at radius 2 is 1.67 bits per heavy atom. The quantitative estimate of drug-likeness (QED) is 0.501. The summed E-state index contributed by atoms with van der Waals surface area (Å²) < 4.78 is 7.61. The molecule has 0 spiro atoms. The van der Waals surface area contributed by atoms with Crippen LogP contribution in [0, 0.1) is 0 Å². The van der Waals surface area contributed by atoms with Gasteiger partial charge >= 0.3 is 0 Å². The van der Waals surface area contributed by atoms with E-state index in [1.165, 1.54) is 0 Å². The maximum atomic E-state index is 11.2. The zero-order chi connectivity index (χ0) is 14.8. The van der Waals surface area contributed by atoms with Crippen molar-refractivity contribution in [3.8, 4) is 11.5 Å². The van der Waals surface area contributed by atoms with Crippen LogP contribution in [0.2, 0.25) is 0 Å². The lowest BCUT2D eigenvalue weighted by Crippen LogP contribution is -1.91. The molecule has 0 saturated heterocycles. The average Bonchev–Trinajstić information content (AvgIpc) is 2.51. The molecule has 0 aromatic heterocycles. The standard InChI is InChI=1S/C17H10Br2O2/c18-13-6-8-15(12(9-13)10-20)21-16-7-5-11-3-1-2-4-14(11)17(16)19/h1-10H. The minimum atomic E-state index is 0.504. The summed E-state index contributed by atoms with van der Waals surface area (Å²) >= 11 is 6.92. The van der Waals surface area contributed by atoms with E-state index in [4.69, 9.17) is 4.74 Å². The second-order valence-electron chi connectivity index (χ2n) is 4.50. The Morgan fingerprint density at radius 1 is 0.905 bits per heavy atom. The Hall–Kier alpha value is -1.65. The third-order valence-electron chi connectivity index (χ3n) is 3.15. The van der Waals surface area contributed by atoms with E-state index in [9.17, 15) is 4.79 Å². The molecule has 3 aromatic carbocycles. The zero-order valence-corrected chi connectivity index (χ0v) is 14.0. The third kappa shape index (κ3) is 2.87. The molecule has 0 fully saturated rings. The first kappa shape index (κ1) is 14.3. The van der Waals surface area contributed by atoms with Crippen LogP contribution in [0.25, 0.3) is 10.8 Å². The SMILES string of the molecule is O=Cc1cc(Br)ccc1Oc1ccc2ccccc2c1Br. The van der Waals surface area contributed by atoms with Gasteiger partial charge in [-0.15, -0.1) is 0 Å². The molecule has 0 aliphatic heterocycles. The van der Waals surface area contributed by atoms with Crippen molar-refractivity contribution in [1.82, 2.24) is 0 Å². The molecule has 4 heteroatoms. The first-order valence-corrected chi connectivity index (χ1v) is 7.87. The van der Waals surface area contributed by atoms with Gasteiger partial charge in [-0.2, -0.15) is 0 Å². The summed E-state index contributed by atoms with van der Waals surface area (Å²) in [6, 6.07) is 17.3. The lowest BCUT2D eigenvalue weighted by molar-refractivity contribution is 0.112. The highest BCUT2D eigenvalue weighted by Crippen LogP contribution is 2.36. The fourth-order valence-corrected chi connectivity index (χ4v) is 3.07. The Labute approximate surface area is 139 Å². The van der Waals surface area contributed by atoms with Crippen molar-refractivity contribution >= 4 is 48.9 Å². The van der Waals surface area contributed by atoms with Crippen molar-refractivity contribution in [2.75, 3.05) is 0 Å². The molecule has 3 rings (SSSR count). The highest BCUT2D eigenvalue weighted by molar-refractivity contribution is 9.11. The van der Waals surface area contributed by atoms with Crippen LogP contribution in [-0.4, -0.2) is 6.29 Å². The fourth-order valence-electron chi connectivity index (χ4n) is 2.12. The molecule has 0 heterocycles. The number of fused-ring (bicyclic) bond motifs is 1. The minimum Gasteiger partial charge on any atom is -0.455 e. The van der Waals surface area contributed by atoms with Gasteiger partial charge in [-0.1, -0.05) is 46.3 Å². The number of hydrogen-bond donors (Lipinski definition) is 0. The van der Waals surface area contributed by atoms with Crippen molar-refractivity contribution in [2.45, 2.75) is 0 Å². The van der Waals surface area contributed by atoms with Crippen molar-refractivity contribution in [1.29, 1.82) is 0 Å². The van der Waals surface area contributed by atoms with Crippen molar-refractivity contribution in [2.24, 2.45) is 0 Å². The van der Waals surface area contributed by atoms with Crippen molar-refractivity contribution in [3.63, 3.8) is 0 Å². The number of carbonyl (C=O) groups excluding carboxylic acids is 1. The summed E-state index contributed by atoms with van der Waals surface area (Å²) in [7, 11) is 0. The summed E-state index contributed by atoms with van der Waals surface area (Å²) in [5.41, 5.74) is 0.504. The smallest absolute Gasteiger partial charge is 0.153 e. The predicted molar refractivity (Wildman–Crippen MR) is 91.3 cm³/mol. The molecule has 0 aliphatic rings. The lowest BCUT2D eigenvalue weighted by atomic mass is 10.1. The molecule has 21 heavy (non-hydrogen) atoms. The maximum absolute atomic E-state index is 11.2. The monoisotopic (exact) mass is 404 g/mol. The molecule has 0 atom stereocenters. The van der Waals surface area contributed by atoms with Crippen LogP contribution in [-0.2, 0) is 0 Å². The van der Waals surface area contributed by atoms with E-state index in [-0.39, 0.29) is 0 Å². The molecule has 0 N–H and O–H groups in total. The van der Waals surface area contributed by atoms with Crippen LogP contribution < -0.4 is 4.74 Å². The van der Waals surface area contributed by atoms with Crippen LogP contribution in [0.5, 0.6) is 11.5 Å². The summed E-state index contributed by atoms with van der Waals surface area (Å²) in [5.74, 6) is 1.21. The van der Waals surface area contributed by atoms with Gasteiger partial charge in [-0.05, 0) is 51.0 Å². The van der Waals surface area contributed by atoms with E-state index in [1.54, 1.807) is 12.1 Å². The Bertz CT molecular complexity index is 828. The summed E-state index contributed by atoms with van der Waals surface area (Å²) in [5, 5.41) is 2.20. The predicted octanol–water partition coefficient (Wildman–Crippen LogP) is 5.97. The van der Waals surface area contributed by atoms with Gasteiger partial charge in [0.15, 0.2) is 6.29 Å². The van der Waals surface area contributed by atoms with Gasteiger partial charge in [0.1, 0.15) is 11.5 Å². The van der Waals surface area contributed by atoms with Gasteiger partial charge in [0.25, 0.3) is 0 Å². The Kier molecular flexibility index (Phi) is 4.08. The van der Waals surface area contributed by atoms with Gasteiger partial charge in [0, 0.05) is 4.47 Å². The highest BCUT2D eigenvalue weighted by atomic mass is 79.9. The number of benzene rings is 3. The van der Waals surface area contributed by atoms with Crippen LogP contribution in [0.3, 0.4) is 0 Å². The van der Waals surface area contributed by atoms with Crippen LogP contribution in [0.15, 0.2) is 63.5 Å². The molecule has 0 radical (unpaired) electrons. The Morgan fingerprint density at radius 3 is 2.48 bits per heavy atom. The summed E-state index contributed by atoms with van der Waals surface area (Å²) in [4.78, 5) is 11.2. The van der Waals surface area contributed by atoms with E-state index in [0.717, 1.165) is 26.0 Å². The van der Waals surface area contributed by atoms with E-state index in [1.807, 2.05) is 42.5 Å².